The predicted molar refractivity (Wildman–Crippen MR) is 139 cm³/mol. The number of halogens is 2. The molecule has 3 amide bonds. The molecule has 4 rings (SSSR count). The van der Waals surface area contributed by atoms with Crippen molar-refractivity contribution in [2.75, 3.05) is 10.7 Å². The number of amides is 3. The van der Waals surface area contributed by atoms with Crippen LogP contribution in [0.5, 0.6) is 0 Å². The average molecular weight is 584 g/mol. The number of carbonyl (C=O) groups excluding carboxylic acids is 3. The molecule has 0 fully saturated rings. The van der Waals surface area contributed by atoms with Gasteiger partial charge in [0, 0.05) is 26.6 Å². The fourth-order valence-corrected chi connectivity index (χ4v) is 3.97. The lowest BCUT2D eigenvalue weighted by atomic mass is 10.1. The second-order valence-corrected chi connectivity index (χ2v) is 9.47. The maximum absolute atomic E-state index is 13.1. The molecule has 3 N–H and O–H groups in total. The van der Waals surface area contributed by atoms with E-state index >= 15 is 0 Å². The number of hydrogen-bond acceptors (Lipinski definition) is 3. The minimum atomic E-state index is -0.884. The van der Waals surface area contributed by atoms with Crippen LogP contribution >= 0.6 is 31.9 Å². The fraction of sp³-hybridized carbons (Fsp3) is 0.0800. The fourth-order valence-electron chi connectivity index (χ4n) is 3.32. The highest BCUT2D eigenvalue weighted by molar-refractivity contribution is 9.10. The van der Waals surface area contributed by atoms with E-state index in [1.165, 1.54) is 4.68 Å². The van der Waals surface area contributed by atoms with Gasteiger partial charge in [-0.1, -0.05) is 61.7 Å². The molecule has 9 heteroatoms. The van der Waals surface area contributed by atoms with Crippen molar-refractivity contribution in [1.82, 2.24) is 9.99 Å². The standard InChI is InChI=1S/C25H20Br2N4O3/c1-15-2-4-16(5-3-15)14-28-24(33)25(34)30-31-21-11-8-19(27)12-17(21)13-22(31)23(32)29-20-9-6-18(26)7-10-20/h2-13H,14H2,1H3,(H,28,33)(H,29,32)(H,30,34). The second kappa shape index (κ2) is 10.2. The number of benzene rings is 3. The highest BCUT2D eigenvalue weighted by Gasteiger charge is 2.21. The van der Waals surface area contributed by atoms with E-state index < -0.39 is 17.7 Å². The van der Waals surface area contributed by atoms with Crippen LogP contribution in [0.15, 0.2) is 81.7 Å². The van der Waals surface area contributed by atoms with Crippen molar-refractivity contribution >= 4 is 66.2 Å². The minimum Gasteiger partial charge on any atom is -0.344 e. The van der Waals surface area contributed by atoms with E-state index in [1.807, 2.05) is 49.4 Å². The maximum Gasteiger partial charge on any atom is 0.328 e. The topological polar surface area (TPSA) is 92.2 Å². The van der Waals surface area contributed by atoms with Crippen molar-refractivity contribution in [1.29, 1.82) is 0 Å². The number of anilines is 1. The van der Waals surface area contributed by atoms with Gasteiger partial charge in [-0.2, -0.15) is 0 Å². The highest BCUT2D eigenvalue weighted by atomic mass is 79.9. The van der Waals surface area contributed by atoms with E-state index in [-0.39, 0.29) is 12.2 Å². The Morgan fingerprint density at radius 1 is 0.824 bits per heavy atom. The molecule has 7 nitrogen and oxygen atoms in total. The van der Waals surface area contributed by atoms with Gasteiger partial charge in [0.1, 0.15) is 5.69 Å². The van der Waals surface area contributed by atoms with Crippen molar-refractivity contribution in [2.24, 2.45) is 0 Å². The zero-order chi connectivity index (χ0) is 24.2. The molecule has 4 aromatic rings. The van der Waals surface area contributed by atoms with E-state index in [2.05, 4.69) is 47.9 Å². The van der Waals surface area contributed by atoms with Gasteiger partial charge in [-0.05, 0) is 61.0 Å². The van der Waals surface area contributed by atoms with Gasteiger partial charge >= 0.3 is 11.8 Å². The zero-order valence-electron chi connectivity index (χ0n) is 18.1. The van der Waals surface area contributed by atoms with Crippen molar-refractivity contribution in [3.05, 3.63) is 98.6 Å². The number of aryl methyl sites for hydroxylation is 1. The molecule has 1 aromatic heterocycles. The molecule has 0 saturated carbocycles. The molecule has 0 unspecified atom stereocenters. The van der Waals surface area contributed by atoms with Crippen LogP contribution in [0.4, 0.5) is 5.69 Å². The first-order valence-electron chi connectivity index (χ1n) is 10.3. The normalized spacial score (nSPS) is 10.7. The Bertz CT molecular complexity index is 1380. The van der Waals surface area contributed by atoms with E-state index in [0.29, 0.717) is 11.2 Å². The molecule has 1 heterocycles. The minimum absolute atomic E-state index is 0.177. The van der Waals surface area contributed by atoms with E-state index in [4.69, 9.17) is 0 Å². The van der Waals surface area contributed by atoms with Gasteiger partial charge in [-0.3, -0.25) is 19.8 Å². The first-order valence-corrected chi connectivity index (χ1v) is 11.9. The molecule has 0 atom stereocenters. The van der Waals surface area contributed by atoms with Crippen molar-refractivity contribution < 1.29 is 14.4 Å². The van der Waals surface area contributed by atoms with Crippen LogP contribution in [0.25, 0.3) is 10.9 Å². The second-order valence-electron chi connectivity index (χ2n) is 7.64. The Morgan fingerprint density at radius 3 is 2.21 bits per heavy atom. The van der Waals surface area contributed by atoms with Crippen molar-refractivity contribution in [3.8, 4) is 0 Å². The molecule has 0 bridgehead atoms. The summed E-state index contributed by atoms with van der Waals surface area (Å²) < 4.78 is 3.02. The SMILES string of the molecule is Cc1ccc(CNC(=O)C(=O)Nn2c(C(=O)Nc3ccc(Br)cc3)cc3cc(Br)ccc32)cc1. The molecule has 0 radical (unpaired) electrons. The molecule has 0 aliphatic heterocycles. The lowest BCUT2D eigenvalue weighted by Gasteiger charge is -2.13. The third kappa shape index (κ3) is 5.55. The summed E-state index contributed by atoms with van der Waals surface area (Å²) in [4.78, 5) is 38.2. The smallest absolute Gasteiger partial charge is 0.328 e. The van der Waals surface area contributed by atoms with E-state index in [9.17, 15) is 14.4 Å². The Hall–Kier alpha value is -3.43. The Kier molecular flexibility index (Phi) is 7.14. The van der Waals surface area contributed by atoms with Crippen LogP contribution in [0.2, 0.25) is 0 Å². The maximum atomic E-state index is 13.1. The first-order chi connectivity index (χ1) is 16.3. The Balaban J connectivity index is 1.55. The number of rotatable bonds is 5. The summed E-state index contributed by atoms with van der Waals surface area (Å²) in [6, 6.07) is 21.8. The monoisotopic (exact) mass is 582 g/mol. The summed E-state index contributed by atoms with van der Waals surface area (Å²) in [5.74, 6) is -2.13. The number of nitrogens with one attached hydrogen (secondary N) is 3. The Morgan fingerprint density at radius 2 is 1.50 bits per heavy atom. The van der Waals surface area contributed by atoms with Gasteiger partial charge in [-0.25, -0.2) is 4.68 Å². The van der Waals surface area contributed by atoms with E-state index in [0.717, 1.165) is 25.5 Å². The summed E-state index contributed by atoms with van der Waals surface area (Å²) in [6.45, 7) is 2.18. The van der Waals surface area contributed by atoms with Crippen LogP contribution in [-0.4, -0.2) is 22.4 Å². The summed E-state index contributed by atoms with van der Waals surface area (Å²) in [7, 11) is 0. The molecule has 0 aliphatic carbocycles. The molecular formula is C25H20Br2N4O3. The number of fused-ring (bicyclic) bond motifs is 1. The molecule has 0 spiro atoms. The predicted octanol–water partition coefficient (Wildman–Crippen LogP) is 5.11. The number of carbonyl (C=O) groups is 3. The third-order valence-electron chi connectivity index (χ3n) is 5.09. The molecule has 172 valence electrons. The average Bonchev–Trinajstić information content (AvgIpc) is 3.17. The van der Waals surface area contributed by atoms with Gasteiger partial charge in [-0.15, -0.1) is 0 Å². The van der Waals surface area contributed by atoms with Crippen LogP contribution in [0.3, 0.4) is 0 Å². The third-order valence-corrected chi connectivity index (χ3v) is 6.11. The van der Waals surface area contributed by atoms with Crippen LogP contribution in [0.1, 0.15) is 21.6 Å². The van der Waals surface area contributed by atoms with Gasteiger partial charge in [0.15, 0.2) is 0 Å². The highest BCUT2D eigenvalue weighted by Crippen LogP contribution is 2.24. The zero-order valence-corrected chi connectivity index (χ0v) is 21.2. The first kappa shape index (κ1) is 23.7. The summed E-state index contributed by atoms with van der Waals surface area (Å²) in [5, 5.41) is 6.13. The van der Waals surface area contributed by atoms with Crippen molar-refractivity contribution in [2.45, 2.75) is 13.5 Å². The summed E-state index contributed by atoms with van der Waals surface area (Å²) in [5.41, 5.74) is 5.87. The number of nitrogens with zero attached hydrogens (tertiary/aromatic N) is 1. The van der Waals surface area contributed by atoms with Gasteiger partial charge in [0.05, 0.1) is 5.52 Å². The van der Waals surface area contributed by atoms with Crippen LogP contribution in [0, 0.1) is 6.92 Å². The quantitative estimate of drug-likeness (QED) is 0.285. The van der Waals surface area contributed by atoms with Crippen LogP contribution in [-0.2, 0) is 16.1 Å². The molecule has 3 aromatic carbocycles. The van der Waals surface area contributed by atoms with Gasteiger partial charge in [0.2, 0.25) is 0 Å². The largest absolute Gasteiger partial charge is 0.344 e. The number of aromatic nitrogens is 1. The van der Waals surface area contributed by atoms with E-state index in [1.54, 1.807) is 30.3 Å². The van der Waals surface area contributed by atoms with Gasteiger partial charge in [0.25, 0.3) is 5.91 Å². The lowest BCUT2D eigenvalue weighted by molar-refractivity contribution is -0.136. The van der Waals surface area contributed by atoms with Crippen molar-refractivity contribution in [3.63, 3.8) is 0 Å². The van der Waals surface area contributed by atoms with Crippen LogP contribution < -0.4 is 16.1 Å². The molecule has 0 saturated heterocycles. The van der Waals surface area contributed by atoms with Gasteiger partial charge < -0.3 is 10.6 Å². The molecule has 0 aliphatic rings. The lowest BCUT2D eigenvalue weighted by Crippen LogP contribution is -2.39. The Labute approximate surface area is 212 Å². The molecule has 34 heavy (non-hydrogen) atoms. The summed E-state index contributed by atoms with van der Waals surface area (Å²) in [6.07, 6.45) is 0. The molecular weight excluding hydrogens is 564 g/mol. The number of hydrogen-bond donors (Lipinski definition) is 3. The summed E-state index contributed by atoms with van der Waals surface area (Å²) >= 11 is 6.78.